The molecule has 18 heavy (non-hydrogen) atoms. The van der Waals surface area contributed by atoms with Gasteiger partial charge in [-0.1, -0.05) is 0 Å². The summed E-state index contributed by atoms with van der Waals surface area (Å²) >= 11 is 0. The Labute approximate surface area is 106 Å². The number of aliphatic carboxylic acids is 1. The molecule has 0 aromatic carbocycles. The van der Waals surface area contributed by atoms with Crippen molar-refractivity contribution < 1.29 is 19.8 Å². The van der Waals surface area contributed by atoms with Crippen LogP contribution in [0, 0.1) is 0 Å². The van der Waals surface area contributed by atoms with Crippen LogP contribution in [0.3, 0.4) is 0 Å². The Bertz CT molecular complexity index is 290. The number of amides is 1. The van der Waals surface area contributed by atoms with E-state index >= 15 is 0 Å². The molecular formula is C11H21N3O4. The van der Waals surface area contributed by atoms with Crippen molar-refractivity contribution in [2.24, 2.45) is 0 Å². The van der Waals surface area contributed by atoms with Crippen molar-refractivity contribution in [1.29, 1.82) is 0 Å². The Morgan fingerprint density at radius 1 is 1.28 bits per heavy atom. The highest BCUT2D eigenvalue weighted by Gasteiger charge is 2.25. The molecule has 1 atom stereocenters. The molecule has 1 aliphatic heterocycles. The number of nitrogens with zero attached hydrogens (tertiary/aromatic N) is 2. The van der Waals surface area contributed by atoms with Crippen LogP contribution in [0.4, 0.5) is 0 Å². The fourth-order valence-corrected chi connectivity index (χ4v) is 1.99. The van der Waals surface area contributed by atoms with Crippen molar-refractivity contribution in [1.82, 2.24) is 15.1 Å². The smallest absolute Gasteiger partial charge is 0.322 e. The van der Waals surface area contributed by atoms with Crippen LogP contribution in [0.1, 0.15) is 6.92 Å². The molecule has 1 fully saturated rings. The van der Waals surface area contributed by atoms with Crippen LogP contribution in [0.25, 0.3) is 0 Å². The van der Waals surface area contributed by atoms with Gasteiger partial charge in [0.25, 0.3) is 0 Å². The van der Waals surface area contributed by atoms with Gasteiger partial charge in [-0.3, -0.25) is 19.4 Å². The molecule has 1 unspecified atom stereocenters. The van der Waals surface area contributed by atoms with Gasteiger partial charge in [-0.2, -0.15) is 0 Å². The van der Waals surface area contributed by atoms with Gasteiger partial charge in [-0.25, -0.2) is 0 Å². The lowest BCUT2D eigenvalue weighted by atomic mass is 10.2. The van der Waals surface area contributed by atoms with Gasteiger partial charge in [0.05, 0.1) is 12.6 Å². The second kappa shape index (κ2) is 7.30. The Morgan fingerprint density at radius 3 is 2.39 bits per heavy atom. The molecule has 3 N–H and O–H groups in total. The minimum atomic E-state index is -1.04. The van der Waals surface area contributed by atoms with Crippen LogP contribution in [-0.4, -0.2) is 83.8 Å². The zero-order chi connectivity index (χ0) is 13.5. The molecule has 0 spiro atoms. The molecule has 1 rings (SSSR count). The highest BCUT2D eigenvalue weighted by Crippen LogP contribution is 2.06. The largest absolute Gasteiger partial charge is 0.480 e. The number of carboxylic acid groups (broad SMARTS) is 1. The molecule has 0 radical (unpaired) electrons. The van der Waals surface area contributed by atoms with Crippen LogP contribution in [-0.2, 0) is 9.59 Å². The van der Waals surface area contributed by atoms with Crippen molar-refractivity contribution in [2.75, 3.05) is 45.9 Å². The van der Waals surface area contributed by atoms with Crippen molar-refractivity contribution in [3.8, 4) is 0 Å². The lowest BCUT2D eigenvalue weighted by molar-refractivity contribution is -0.138. The molecule has 7 nitrogen and oxygen atoms in total. The van der Waals surface area contributed by atoms with E-state index in [9.17, 15) is 9.59 Å². The maximum absolute atomic E-state index is 11.7. The summed E-state index contributed by atoms with van der Waals surface area (Å²) in [7, 11) is 0. The van der Waals surface area contributed by atoms with E-state index < -0.39 is 5.97 Å². The number of nitrogens with one attached hydrogen (secondary N) is 1. The summed E-state index contributed by atoms with van der Waals surface area (Å²) in [6.45, 7) is 5.38. The van der Waals surface area contributed by atoms with Crippen molar-refractivity contribution in [3.05, 3.63) is 0 Å². The lowest BCUT2D eigenvalue weighted by Gasteiger charge is -2.37. The van der Waals surface area contributed by atoms with Crippen LogP contribution in [0.15, 0.2) is 0 Å². The van der Waals surface area contributed by atoms with Crippen molar-refractivity contribution in [2.45, 2.75) is 13.0 Å². The Morgan fingerprint density at radius 2 is 1.89 bits per heavy atom. The number of piperazine rings is 1. The Hall–Kier alpha value is -1.18. The van der Waals surface area contributed by atoms with E-state index in [1.54, 1.807) is 6.92 Å². The number of β-amino-alcohol motifs (C(OH)–C–C–N with tert-alkyl or cyclic N) is 1. The second-order valence-corrected chi connectivity index (χ2v) is 4.39. The normalized spacial score (nSPS) is 19.4. The third-order valence-corrected chi connectivity index (χ3v) is 3.16. The zero-order valence-corrected chi connectivity index (χ0v) is 10.6. The molecule has 1 heterocycles. The maximum Gasteiger partial charge on any atom is 0.322 e. The second-order valence-electron chi connectivity index (χ2n) is 4.39. The number of carboxylic acids is 1. The van der Waals surface area contributed by atoms with Crippen LogP contribution < -0.4 is 5.32 Å². The first-order valence-electron chi connectivity index (χ1n) is 6.11. The molecule has 1 amide bonds. The van der Waals surface area contributed by atoms with Crippen LogP contribution in [0.5, 0.6) is 0 Å². The summed E-state index contributed by atoms with van der Waals surface area (Å²) < 4.78 is 0. The topological polar surface area (TPSA) is 93.1 Å². The van der Waals surface area contributed by atoms with E-state index in [-0.39, 0.29) is 25.1 Å². The molecule has 0 bridgehead atoms. The number of hydrogen-bond acceptors (Lipinski definition) is 5. The Kier molecular flexibility index (Phi) is 6.03. The summed E-state index contributed by atoms with van der Waals surface area (Å²) in [5, 5.41) is 19.7. The first kappa shape index (κ1) is 14.9. The SMILES string of the molecule is CC(C(=O)NCC(=O)O)N1CCN(CCO)CC1. The highest BCUT2D eigenvalue weighted by molar-refractivity contribution is 5.84. The predicted molar refractivity (Wildman–Crippen MR) is 65.2 cm³/mol. The molecule has 0 aliphatic carbocycles. The van der Waals surface area contributed by atoms with E-state index in [4.69, 9.17) is 10.2 Å². The predicted octanol–water partition coefficient (Wildman–Crippen LogP) is -1.81. The van der Waals surface area contributed by atoms with Gasteiger partial charge >= 0.3 is 5.97 Å². The molecule has 0 aromatic rings. The molecular weight excluding hydrogens is 238 g/mol. The van der Waals surface area contributed by atoms with E-state index in [0.29, 0.717) is 6.54 Å². The summed E-state index contributed by atoms with van der Waals surface area (Å²) in [5.74, 6) is -1.30. The fraction of sp³-hybridized carbons (Fsp3) is 0.818. The summed E-state index contributed by atoms with van der Waals surface area (Å²) in [4.78, 5) is 26.2. The molecule has 0 aromatic heterocycles. The van der Waals surface area contributed by atoms with Crippen LogP contribution >= 0.6 is 0 Å². The molecule has 1 saturated heterocycles. The third kappa shape index (κ3) is 4.59. The van der Waals surface area contributed by atoms with Gasteiger partial charge in [0.15, 0.2) is 0 Å². The van der Waals surface area contributed by atoms with E-state index in [2.05, 4.69) is 10.2 Å². The molecule has 104 valence electrons. The highest BCUT2D eigenvalue weighted by atomic mass is 16.4. The van der Waals surface area contributed by atoms with E-state index in [0.717, 1.165) is 26.2 Å². The van der Waals surface area contributed by atoms with E-state index in [1.165, 1.54) is 0 Å². The number of hydrogen-bond donors (Lipinski definition) is 3. The quantitative estimate of drug-likeness (QED) is 0.520. The number of aliphatic hydroxyl groups excluding tert-OH is 1. The van der Waals surface area contributed by atoms with E-state index in [1.807, 2.05) is 4.90 Å². The van der Waals surface area contributed by atoms with Crippen molar-refractivity contribution >= 4 is 11.9 Å². The maximum atomic E-state index is 11.7. The monoisotopic (exact) mass is 259 g/mol. The number of aliphatic hydroxyl groups is 1. The lowest BCUT2D eigenvalue weighted by Crippen LogP contribution is -2.54. The first-order chi connectivity index (χ1) is 8.54. The van der Waals surface area contributed by atoms with Gasteiger partial charge in [0, 0.05) is 32.7 Å². The number of carbonyl (C=O) groups is 2. The molecule has 7 heteroatoms. The third-order valence-electron chi connectivity index (χ3n) is 3.16. The average Bonchev–Trinajstić information content (AvgIpc) is 2.36. The summed E-state index contributed by atoms with van der Waals surface area (Å²) in [5.41, 5.74) is 0. The number of rotatable bonds is 6. The average molecular weight is 259 g/mol. The fourth-order valence-electron chi connectivity index (χ4n) is 1.99. The summed E-state index contributed by atoms with van der Waals surface area (Å²) in [6, 6.07) is -0.319. The van der Waals surface area contributed by atoms with Crippen molar-refractivity contribution in [3.63, 3.8) is 0 Å². The van der Waals surface area contributed by atoms with Crippen LogP contribution in [0.2, 0.25) is 0 Å². The minimum absolute atomic E-state index is 0.147. The van der Waals surface area contributed by atoms with Gasteiger partial charge in [-0.15, -0.1) is 0 Å². The molecule has 0 saturated carbocycles. The van der Waals surface area contributed by atoms with Gasteiger partial charge in [0.2, 0.25) is 5.91 Å². The summed E-state index contributed by atoms with van der Waals surface area (Å²) in [6.07, 6.45) is 0. The Balaban J connectivity index is 2.32. The first-order valence-corrected chi connectivity index (χ1v) is 6.11. The van der Waals surface area contributed by atoms with Gasteiger partial charge < -0.3 is 15.5 Å². The van der Waals surface area contributed by atoms with Gasteiger partial charge in [-0.05, 0) is 6.92 Å². The molecule has 1 aliphatic rings. The van der Waals surface area contributed by atoms with Gasteiger partial charge in [0.1, 0.15) is 6.54 Å². The zero-order valence-electron chi connectivity index (χ0n) is 10.6. The standard InChI is InChI=1S/C11H21N3O4/c1-9(11(18)12-8-10(16)17)14-4-2-13(3-5-14)6-7-15/h9,15H,2-8H2,1H3,(H,12,18)(H,16,17). The number of carbonyl (C=O) groups excluding carboxylic acids is 1. The minimum Gasteiger partial charge on any atom is -0.480 e.